The lowest BCUT2D eigenvalue weighted by molar-refractivity contribution is 0.660. The Labute approximate surface area is 586 Å². The van der Waals surface area contributed by atoms with Crippen molar-refractivity contribution in [2.24, 2.45) is 0 Å². The molecule has 0 bridgehead atoms. The number of aryl methyl sites for hydroxylation is 4. The quantitative estimate of drug-likeness (QED) is 0.120. The summed E-state index contributed by atoms with van der Waals surface area (Å²) in [7, 11) is 4.66. The van der Waals surface area contributed by atoms with E-state index in [-0.39, 0.29) is 11.5 Å². The zero-order valence-electron chi connectivity index (χ0n) is 58.5. The van der Waals surface area contributed by atoms with Gasteiger partial charge in [-0.15, -0.1) is 0 Å². The van der Waals surface area contributed by atoms with Crippen molar-refractivity contribution in [3.8, 4) is 11.1 Å². The van der Waals surface area contributed by atoms with Crippen LogP contribution in [0.1, 0.15) is 74.9 Å². The molecule has 7 heteroatoms. The summed E-state index contributed by atoms with van der Waals surface area (Å²) < 4.78 is 0. The second-order valence-corrected chi connectivity index (χ2v) is 24.9. The second kappa shape index (κ2) is 32.6. The van der Waals surface area contributed by atoms with Crippen LogP contribution >= 0.6 is 0 Å². The third-order valence-corrected chi connectivity index (χ3v) is 17.9. The van der Waals surface area contributed by atoms with Gasteiger partial charge in [-0.1, -0.05) is 281 Å². The summed E-state index contributed by atoms with van der Waals surface area (Å²) in [5, 5.41) is 0. The zero-order chi connectivity index (χ0) is 68.4. The van der Waals surface area contributed by atoms with Crippen molar-refractivity contribution in [3.05, 3.63) is 373 Å². The van der Waals surface area contributed by atoms with Crippen LogP contribution in [0.5, 0.6) is 0 Å². The molecule has 0 saturated heterocycles. The van der Waals surface area contributed by atoms with Crippen LogP contribution in [0, 0.1) is 27.7 Å². The first-order valence-electron chi connectivity index (χ1n) is 34.6. The summed E-state index contributed by atoms with van der Waals surface area (Å²) in [6.07, 6.45) is 0.974. The minimum atomic E-state index is -0.158. The minimum absolute atomic E-state index is 0.0372. The molecule has 0 saturated carbocycles. The van der Waals surface area contributed by atoms with Crippen molar-refractivity contribution in [1.29, 1.82) is 0 Å². The summed E-state index contributed by atoms with van der Waals surface area (Å²) in [6, 6.07) is 121. The van der Waals surface area contributed by atoms with E-state index >= 15 is 0 Å². The van der Waals surface area contributed by atoms with E-state index in [1.807, 2.05) is 64.1 Å². The number of hydrogen-bond donors (Lipinski definition) is 0. The normalized spacial score (nSPS) is 12.9. The van der Waals surface area contributed by atoms with E-state index in [0.717, 1.165) is 40.6 Å². The largest absolute Gasteiger partial charge is 0.350 e. The lowest BCUT2D eigenvalue weighted by atomic mass is 9.68. The maximum Gasteiger partial charge on any atom is 0.212 e. The Balaban J connectivity index is 0.000000148. The van der Waals surface area contributed by atoms with Gasteiger partial charge in [-0.05, 0) is 190 Å². The molecule has 2 radical (unpaired) electrons. The molecule has 0 N–H and O–H groups in total. The Morgan fingerprint density at radius 1 is 0.316 bits per heavy atom. The third kappa shape index (κ3) is 15.6. The Morgan fingerprint density at radius 3 is 1.10 bits per heavy atom. The number of hydrogen-bond acceptors (Lipinski definition) is 5. The number of benzene rings is 13. The third-order valence-electron chi connectivity index (χ3n) is 17.9. The lowest BCUT2D eigenvalue weighted by Gasteiger charge is -2.39. The van der Waals surface area contributed by atoms with Crippen molar-refractivity contribution >= 4 is 93.7 Å². The van der Waals surface area contributed by atoms with Crippen LogP contribution in [-0.4, -0.2) is 27.1 Å². The summed E-state index contributed by atoms with van der Waals surface area (Å²) in [4.78, 5) is 11.9. The Kier molecular flexibility index (Phi) is 22.8. The topological polar surface area (TPSA) is 16.2 Å². The van der Waals surface area contributed by atoms with Gasteiger partial charge in [0.05, 0.1) is 6.07 Å². The highest BCUT2D eigenvalue weighted by Gasteiger charge is 2.38. The van der Waals surface area contributed by atoms with E-state index in [1.165, 1.54) is 89.6 Å². The molecular weight excluding hydrogens is 1180 g/mol. The first kappa shape index (κ1) is 68.4. The number of rotatable bonds is 11. The van der Waals surface area contributed by atoms with Crippen LogP contribution < -0.4 is 35.4 Å². The maximum absolute atomic E-state index is 2.43. The van der Waals surface area contributed by atoms with E-state index in [9.17, 15) is 0 Å². The summed E-state index contributed by atoms with van der Waals surface area (Å²) >= 11 is 0. The van der Waals surface area contributed by atoms with Crippen LogP contribution in [0.15, 0.2) is 340 Å². The molecule has 0 spiro atoms. The fraction of sp³-hybridized carbons (Fsp3) is 0.143. The maximum atomic E-state index is 2.43. The van der Waals surface area contributed by atoms with Gasteiger partial charge in [0.15, 0.2) is 7.28 Å². The van der Waals surface area contributed by atoms with E-state index in [1.54, 1.807) is 0 Å². The number of fused-ring (bicyclic) bond motifs is 5. The fourth-order valence-electron chi connectivity index (χ4n) is 13.1. The molecule has 484 valence electrons. The van der Waals surface area contributed by atoms with Crippen LogP contribution in [0.3, 0.4) is 0 Å². The molecule has 5 nitrogen and oxygen atoms in total. The molecule has 2 aliphatic heterocycles. The van der Waals surface area contributed by atoms with Crippen LogP contribution in [0.2, 0.25) is 0 Å². The number of nitrogens with zero attached hydrogens (tertiary/aromatic N) is 5. The number of para-hydroxylation sites is 6. The monoisotopic (exact) mass is 1270 g/mol. The van der Waals surface area contributed by atoms with Crippen LogP contribution in [-0.2, 0) is 5.41 Å². The molecule has 1 unspecified atom stereocenters. The Morgan fingerprint density at radius 2 is 0.673 bits per heavy atom. The highest BCUT2D eigenvalue weighted by atomic mass is 15.4. The Bertz CT molecular complexity index is 4310. The standard InChI is InChI=1S/C39H32N2.C27H24BN2.C15H15BN.C6H6.2C2H6/c1-39(2)37-27-33(40(29-15-7-3-8-16-29)30-17-9-4-10-18-30)23-25-35(37)36-26-24-34(28-38(36)39)41(31-19-11-5-12-20-31)32-21-13-6-14-22-32;1-20-12-16-23(17-13-20)29(24-18-14-21(2)15-19-24)27-28-25-10-6-7-11-26(25)30(27)22-8-4-3-5-9-22;1-11-3-6-13(7-4-11)17-10-16-14-9-12(2)5-8-15(14)17;1-2-4-6-5-3-1;2*1-2/h3-28H,1-2H3;3-19,27H,1-2H3;3-9H,10H2,1-2H3;1-6H;2*1-2H3. The van der Waals surface area contributed by atoms with Crippen LogP contribution in [0.4, 0.5) is 68.2 Å². The van der Waals surface area contributed by atoms with E-state index in [4.69, 9.17) is 0 Å². The van der Waals surface area contributed by atoms with Gasteiger partial charge in [-0.25, -0.2) is 0 Å². The summed E-state index contributed by atoms with van der Waals surface area (Å²) in [5.74, 6) is 0. The van der Waals surface area contributed by atoms with Crippen molar-refractivity contribution in [2.45, 2.75) is 80.7 Å². The van der Waals surface area contributed by atoms with E-state index in [2.05, 4.69) is 384 Å². The molecule has 2 heterocycles. The van der Waals surface area contributed by atoms with Crippen molar-refractivity contribution < 1.29 is 0 Å². The predicted molar refractivity (Wildman–Crippen MR) is 426 cm³/mol. The zero-order valence-corrected chi connectivity index (χ0v) is 58.5. The molecule has 0 fully saturated rings. The number of anilines is 12. The molecule has 13 aromatic carbocycles. The first-order chi connectivity index (χ1) is 48.1. The molecule has 3 aliphatic rings. The second-order valence-electron chi connectivity index (χ2n) is 24.9. The smallest absolute Gasteiger partial charge is 0.212 e. The molecule has 98 heavy (non-hydrogen) atoms. The average molecular weight is 1270 g/mol. The average Bonchev–Trinajstić information content (AvgIpc) is 1.51. The molecular formula is C91H89B2N5. The van der Waals surface area contributed by atoms with Gasteiger partial charge in [0.2, 0.25) is 7.28 Å². The van der Waals surface area contributed by atoms with Gasteiger partial charge >= 0.3 is 0 Å². The highest BCUT2D eigenvalue weighted by Crippen LogP contribution is 2.52. The lowest BCUT2D eigenvalue weighted by Crippen LogP contribution is -2.45. The molecule has 0 amide bonds. The van der Waals surface area contributed by atoms with Gasteiger partial charge in [0.1, 0.15) is 0 Å². The summed E-state index contributed by atoms with van der Waals surface area (Å²) in [5.41, 5.74) is 27.2. The van der Waals surface area contributed by atoms with Gasteiger partial charge in [0, 0.05) is 73.7 Å². The summed E-state index contributed by atoms with van der Waals surface area (Å²) in [6.45, 7) is 21.2. The molecule has 16 rings (SSSR count). The van der Waals surface area contributed by atoms with Crippen molar-refractivity contribution in [2.75, 3.05) is 30.9 Å². The van der Waals surface area contributed by atoms with Gasteiger partial charge in [0.25, 0.3) is 0 Å². The molecule has 1 atom stereocenters. The first-order valence-corrected chi connectivity index (χ1v) is 34.6. The SMILES string of the molecule is CC.CC.CC1(C)c2cc(N(c3ccccc3)c3ccccc3)ccc2-c2ccc(N(c3ccccc3)c3ccccc3)cc21.Cc1ccc(N(c2ccc(C)cc2)C2[B]c3ccccc3N2c2ccccc2)cc1.Cc1ccc(N2C[B]c3cc(C)ccc32)cc1.c1ccccc1. The fourth-order valence-corrected chi connectivity index (χ4v) is 13.1. The van der Waals surface area contributed by atoms with E-state index in [0.29, 0.717) is 0 Å². The van der Waals surface area contributed by atoms with E-state index < -0.39 is 0 Å². The Hall–Kier alpha value is -11.0. The molecule has 0 aromatic heterocycles. The van der Waals surface area contributed by atoms with Gasteiger partial charge in [-0.2, -0.15) is 0 Å². The highest BCUT2D eigenvalue weighted by molar-refractivity contribution is 6.61. The minimum Gasteiger partial charge on any atom is -0.350 e. The predicted octanol–water partition coefficient (Wildman–Crippen LogP) is 23.3. The van der Waals surface area contributed by atoms with Crippen molar-refractivity contribution in [3.63, 3.8) is 0 Å². The van der Waals surface area contributed by atoms with Gasteiger partial charge in [-0.3, -0.25) is 0 Å². The van der Waals surface area contributed by atoms with Crippen molar-refractivity contribution in [1.82, 2.24) is 0 Å². The van der Waals surface area contributed by atoms with Gasteiger partial charge < -0.3 is 24.5 Å². The molecule has 13 aromatic rings. The van der Waals surface area contributed by atoms with Crippen LogP contribution in [0.25, 0.3) is 11.1 Å². The molecule has 1 aliphatic carbocycles.